The fourth-order valence-electron chi connectivity index (χ4n) is 3.77. The van der Waals surface area contributed by atoms with E-state index in [2.05, 4.69) is 0 Å². The van der Waals surface area contributed by atoms with Gasteiger partial charge >= 0.3 is 0 Å². The van der Waals surface area contributed by atoms with Gasteiger partial charge in [-0.15, -0.1) is 0 Å². The van der Waals surface area contributed by atoms with E-state index >= 15 is 0 Å². The molecule has 1 aliphatic carbocycles. The van der Waals surface area contributed by atoms with Gasteiger partial charge in [0.15, 0.2) is 5.67 Å². The Hall–Kier alpha value is -1.85. The number of carbonyl (C=O) groups is 2. The van der Waals surface area contributed by atoms with Crippen molar-refractivity contribution in [3.8, 4) is 0 Å². The van der Waals surface area contributed by atoms with Gasteiger partial charge < -0.3 is 14.4 Å². The number of alkyl halides is 1. The van der Waals surface area contributed by atoms with Gasteiger partial charge in [-0.1, -0.05) is 0 Å². The molecule has 4 rings (SSSR count). The highest BCUT2D eigenvalue weighted by Gasteiger charge is 2.52. The molecule has 2 amide bonds. The van der Waals surface area contributed by atoms with Gasteiger partial charge in [-0.25, -0.2) is 4.39 Å². The maximum absolute atomic E-state index is 14.4. The molecule has 1 saturated heterocycles. The Morgan fingerprint density at radius 3 is 2.71 bits per heavy atom. The summed E-state index contributed by atoms with van der Waals surface area (Å²) in [5, 5.41) is 0. The average molecular weight is 291 g/mol. The third-order valence-corrected chi connectivity index (χ3v) is 5.25. The summed E-state index contributed by atoms with van der Waals surface area (Å²) >= 11 is 0. The van der Waals surface area contributed by atoms with E-state index in [9.17, 15) is 14.0 Å². The number of amides is 2. The predicted molar refractivity (Wildman–Crippen MR) is 73.6 cm³/mol. The number of rotatable bonds is 1. The van der Waals surface area contributed by atoms with Crippen LogP contribution in [0.4, 0.5) is 4.39 Å². The maximum Gasteiger partial charge on any atom is 0.270 e. The van der Waals surface area contributed by atoms with Crippen LogP contribution < -0.4 is 0 Å². The monoisotopic (exact) mass is 291 g/mol. The molecule has 112 valence electrons. The molecular weight excluding hydrogens is 273 g/mol. The number of nitrogens with zero attached hydrogens (tertiary/aromatic N) is 3. The lowest BCUT2D eigenvalue weighted by molar-refractivity contribution is -0.149. The van der Waals surface area contributed by atoms with Crippen molar-refractivity contribution in [2.45, 2.75) is 37.0 Å². The molecule has 0 bridgehead atoms. The smallest absolute Gasteiger partial charge is 0.270 e. The summed E-state index contributed by atoms with van der Waals surface area (Å²) in [6.45, 7) is 0.906. The van der Waals surface area contributed by atoms with E-state index in [-0.39, 0.29) is 18.0 Å². The summed E-state index contributed by atoms with van der Waals surface area (Å²) in [5.74, 6) is -0.424. The van der Waals surface area contributed by atoms with Crippen LogP contribution in [0.15, 0.2) is 18.3 Å². The molecule has 1 aromatic heterocycles. The second-order valence-corrected chi connectivity index (χ2v) is 6.38. The lowest BCUT2D eigenvalue weighted by Gasteiger charge is -2.36. The maximum atomic E-state index is 14.4. The Labute approximate surface area is 122 Å². The summed E-state index contributed by atoms with van der Waals surface area (Å²) in [4.78, 5) is 28.0. The largest absolute Gasteiger partial charge is 0.337 e. The van der Waals surface area contributed by atoms with E-state index in [0.29, 0.717) is 31.6 Å². The Bertz CT molecular complexity index is 622. The van der Waals surface area contributed by atoms with Crippen molar-refractivity contribution in [3.05, 3.63) is 24.0 Å². The third kappa shape index (κ3) is 1.61. The van der Waals surface area contributed by atoms with Gasteiger partial charge in [0.2, 0.25) is 0 Å². The second-order valence-electron chi connectivity index (χ2n) is 6.38. The first kappa shape index (κ1) is 12.9. The van der Waals surface area contributed by atoms with E-state index in [0.717, 1.165) is 6.42 Å². The number of hydrogen-bond donors (Lipinski definition) is 0. The zero-order valence-electron chi connectivity index (χ0n) is 12.0. The number of hydrogen-bond acceptors (Lipinski definition) is 2. The van der Waals surface area contributed by atoms with E-state index in [1.54, 1.807) is 22.9 Å². The highest BCUT2D eigenvalue weighted by Crippen LogP contribution is 2.40. The molecule has 5 nitrogen and oxygen atoms in total. The van der Waals surface area contributed by atoms with Crippen molar-refractivity contribution >= 4 is 11.8 Å². The van der Waals surface area contributed by atoms with Gasteiger partial charge in [0, 0.05) is 26.3 Å². The number of fused-ring (bicyclic) bond motifs is 3. The number of halogens is 1. The van der Waals surface area contributed by atoms with Gasteiger partial charge in [-0.05, 0) is 31.4 Å². The SMILES string of the molecule is CN1C(=O)c2cccn2C2CN(C(=O)C3(F)CCC3)CC21. The molecule has 2 aliphatic heterocycles. The molecule has 0 N–H and O–H groups in total. The van der Waals surface area contributed by atoms with Gasteiger partial charge in [0.1, 0.15) is 5.69 Å². The van der Waals surface area contributed by atoms with E-state index in [1.165, 1.54) is 0 Å². The summed E-state index contributed by atoms with van der Waals surface area (Å²) in [6.07, 6.45) is 3.33. The first-order valence-electron chi connectivity index (χ1n) is 7.43. The molecule has 0 aromatic carbocycles. The lowest BCUT2D eigenvalue weighted by Crippen LogP contribution is -2.50. The predicted octanol–water partition coefficient (Wildman–Crippen LogP) is 1.22. The molecule has 21 heavy (non-hydrogen) atoms. The Kier molecular flexibility index (Phi) is 2.50. The summed E-state index contributed by atoms with van der Waals surface area (Å²) in [5.41, 5.74) is -1.01. The van der Waals surface area contributed by atoms with Crippen LogP contribution in [-0.2, 0) is 4.79 Å². The molecule has 2 atom stereocenters. The minimum absolute atomic E-state index is 0.0327. The number of carbonyl (C=O) groups excluding carboxylic acids is 2. The van der Waals surface area contributed by atoms with Crippen LogP contribution in [0.25, 0.3) is 0 Å². The number of likely N-dealkylation sites (tertiary alicyclic amines) is 1. The minimum Gasteiger partial charge on any atom is -0.337 e. The molecule has 1 saturated carbocycles. The standard InChI is InChI=1S/C15H18FN3O2/c1-17-11-8-18(14(21)15(16)5-3-6-15)9-12(11)19-7-2-4-10(19)13(17)20/h2,4,7,11-12H,3,5-6,8-9H2,1H3. The van der Waals surface area contributed by atoms with Crippen molar-refractivity contribution in [1.29, 1.82) is 0 Å². The average Bonchev–Trinajstić information content (AvgIpc) is 3.07. The Morgan fingerprint density at radius 1 is 1.33 bits per heavy atom. The van der Waals surface area contributed by atoms with Gasteiger partial charge in [0.05, 0.1) is 12.1 Å². The topological polar surface area (TPSA) is 45.6 Å². The fourth-order valence-corrected chi connectivity index (χ4v) is 3.77. The van der Waals surface area contributed by atoms with Crippen molar-refractivity contribution in [1.82, 2.24) is 14.4 Å². The summed E-state index contributed by atoms with van der Waals surface area (Å²) in [7, 11) is 1.76. The van der Waals surface area contributed by atoms with Crippen LogP contribution >= 0.6 is 0 Å². The van der Waals surface area contributed by atoms with Gasteiger partial charge in [0.25, 0.3) is 11.8 Å². The van der Waals surface area contributed by atoms with Gasteiger partial charge in [-0.2, -0.15) is 0 Å². The normalized spacial score (nSPS) is 29.9. The molecule has 2 unspecified atom stereocenters. The minimum atomic E-state index is -1.66. The molecule has 3 heterocycles. The van der Waals surface area contributed by atoms with Crippen molar-refractivity contribution in [2.24, 2.45) is 0 Å². The van der Waals surface area contributed by atoms with Crippen LogP contribution in [0.1, 0.15) is 35.8 Å². The van der Waals surface area contributed by atoms with E-state index in [4.69, 9.17) is 0 Å². The molecule has 0 spiro atoms. The lowest BCUT2D eigenvalue weighted by atomic mass is 9.81. The highest BCUT2D eigenvalue weighted by molar-refractivity contribution is 5.94. The van der Waals surface area contributed by atoms with E-state index in [1.807, 2.05) is 16.8 Å². The van der Waals surface area contributed by atoms with Crippen LogP contribution in [0, 0.1) is 0 Å². The van der Waals surface area contributed by atoms with Crippen molar-refractivity contribution in [3.63, 3.8) is 0 Å². The first-order chi connectivity index (χ1) is 10.0. The van der Waals surface area contributed by atoms with Crippen molar-refractivity contribution in [2.75, 3.05) is 20.1 Å². The number of aromatic nitrogens is 1. The highest BCUT2D eigenvalue weighted by atomic mass is 19.1. The van der Waals surface area contributed by atoms with Crippen LogP contribution in [0.3, 0.4) is 0 Å². The first-order valence-corrected chi connectivity index (χ1v) is 7.43. The molecule has 2 fully saturated rings. The second kappa shape index (κ2) is 4.08. The van der Waals surface area contributed by atoms with Crippen LogP contribution in [-0.4, -0.2) is 58.0 Å². The quantitative estimate of drug-likeness (QED) is 0.781. The van der Waals surface area contributed by atoms with Crippen LogP contribution in [0.5, 0.6) is 0 Å². The summed E-state index contributed by atoms with van der Waals surface area (Å²) < 4.78 is 16.3. The molecule has 1 aromatic rings. The molecule has 0 radical (unpaired) electrons. The molecule has 6 heteroatoms. The third-order valence-electron chi connectivity index (χ3n) is 5.25. The zero-order chi connectivity index (χ0) is 14.8. The van der Waals surface area contributed by atoms with Crippen LogP contribution in [0.2, 0.25) is 0 Å². The molecular formula is C15H18FN3O2. The summed E-state index contributed by atoms with van der Waals surface area (Å²) in [6, 6.07) is 3.61. The fraction of sp³-hybridized carbons (Fsp3) is 0.600. The number of likely N-dealkylation sites (N-methyl/N-ethyl adjacent to an activating group) is 1. The molecule has 3 aliphatic rings. The van der Waals surface area contributed by atoms with Crippen molar-refractivity contribution < 1.29 is 14.0 Å². The zero-order valence-corrected chi connectivity index (χ0v) is 12.0. The van der Waals surface area contributed by atoms with E-state index < -0.39 is 11.6 Å². The van der Waals surface area contributed by atoms with Gasteiger partial charge in [-0.3, -0.25) is 9.59 Å². The Morgan fingerprint density at radius 2 is 2.05 bits per heavy atom. The Balaban J connectivity index is 1.63.